The van der Waals surface area contributed by atoms with Gasteiger partial charge in [-0.15, -0.1) is 0 Å². The van der Waals surface area contributed by atoms with E-state index in [4.69, 9.17) is 0 Å². The van der Waals surface area contributed by atoms with Gasteiger partial charge in [0.1, 0.15) is 5.25 Å². The second-order valence-corrected chi connectivity index (χ2v) is 8.73. The summed E-state index contributed by atoms with van der Waals surface area (Å²) in [6.45, 7) is 2.40. The number of fused-ring (bicyclic) bond motifs is 1. The van der Waals surface area contributed by atoms with Crippen molar-refractivity contribution in [3.05, 3.63) is 66.0 Å². The van der Waals surface area contributed by atoms with Crippen LogP contribution < -0.4 is 5.32 Å². The van der Waals surface area contributed by atoms with Crippen molar-refractivity contribution < 1.29 is 13.2 Å². The largest absolute Gasteiger partial charge is 0.351 e. The number of imidazole rings is 1. The minimum Gasteiger partial charge on any atom is -0.351 e. The summed E-state index contributed by atoms with van der Waals surface area (Å²) in [5.41, 5.74) is 4.08. The Morgan fingerprint density at radius 1 is 1.12 bits per heavy atom. The average Bonchev–Trinajstić information content (AvgIpc) is 3.02. The number of aromatic nitrogens is 2. The zero-order chi connectivity index (χ0) is 18.7. The van der Waals surface area contributed by atoms with Crippen molar-refractivity contribution in [2.75, 3.05) is 6.26 Å². The number of nitrogens with zero attached hydrogens (tertiary/aromatic N) is 2. The predicted octanol–water partition coefficient (Wildman–Crippen LogP) is 2.13. The third-order valence-electron chi connectivity index (χ3n) is 4.38. The number of carbonyl (C=O) groups excluding carboxylic acids is 1. The summed E-state index contributed by atoms with van der Waals surface area (Å²) < 4.78 is 24.9. The molecule has 0 saturated carbocycles. The highest BCUT2D eigenvalue weighted by atomic mass is 32.2. The van der Waals surface area contributed by atoms with E-state index < -0.39 is 21.0 Å². The molecule has 0 aliphatic rings. The first-order chi connectivity index (χ1) is 12.3. The fourth-order valence-corrected chi connectivity index (χ4v) is 3.10. The molecule has 1 N–H and O–H groups in total. The van der Waals surface area contributed by atoms with Gasteiger partial charge in [0.15, 0.2) is 9.84 Å². The van der Waals surface area contributed by atoms with Gasteiger partial charge in [-0.05, 0) is 30.2 Å². The summed E-state index contributed by atoms with van der Waals surface area (Å²) in [6, 6.07) is 15.8. The van der Waals surface area contributed by atoms with Crippen LogP contribution in [0.4, 0.5) is 0 Å². The van der Waals surface area contributed by atoms with Crippen LogP contribution in [0.2, 0.25) is 0 Å². The van der Waals surface area contributed by atoms with Gasteiger partial charge in [-0.25, -0.2) is 13.4 Å². The Balaban J connectivity index is 1.63. The third-order valence-corrected chi connectivity index (χ3v) is 5.88. The Bertz CT molecular complexity index is 1020. The molecule has 0 aliphatic carbocycles. The van der Waals surface area contributed by atoms with Gasteiger partial charge < -0.3 is 9.88 Å². The number of para-hydroxylation sites is 2. The molecular formula is C19H21N3O3S. The normalized spacial score (nSPS) is 12.8. The van der Waals surface area contributed by atoms with E-state index in [1.807, 2.05) is 54.9 Å². The van der Waals surface area contributed by atoms with Crippen LogP contribution in [0.5, 0.6) is 0 Å². The molecule has 0 fully saturated rings. The summed E-state index contributed by atoms with van der Waals surface area (Å²) in [5.74, 6) is -0.485. The molecule has 0 aliphatic heterocycles. The van der Waals surface area contributed by atoms with Crippen LogP contribution in [0.25, 0.3) is 11.0 Å². The molecule has 3 rings (SSSR count). The van der Waals surface area contributed by atoms with Crippen molar-refractivity contribution in [3.8, 4) is 0 Å². The van der Waals surface area contributed by atoms with Crippen molar-refractivity contribution in [1.29, 1.82) is 0 Å². The monoisotopic (exact) mass is 371 g/mol. The molecule has 2 aromatic carbocycles. The van der Waals surface area contributed by atoms with Crippen molar-refractivity contribution >= 4 is 26.8 Å². The number of amides is 1. The van der Waals surface area contributed by atoms with Crippen LogP contribution >= 0.6 is 0 Å². The molecule has 1 heterocycles. The Hall–Kier alpha value is -2.67. The topological polar surface area (TPSA) is 81.1 Å². The second kappa shape index (κ2) is 7.29. The van der Waals surface area contributed by atoms with E-state index in [0.717, 1.165) is 28.4 Å². The Morgan fingerprint density at radius 3 is 2.46 bits per heavy atom. The highest BCUT2D eigenvalue weighted by molar-refractivity contribution is 7.92. The quantitative estimate of drug-likeness (QED) is 0.720. The Labute approximate surface area is 152 Å². The molecule has 136 valence electrons. The van der Waals surface area contributed by atoms with Gasteiger partial charge in [0.2, 0.25) is 5.91 Å². The predicted molar refractivity (Wildman–Crippen MR) is 101 cm³/mol. The van der Waals surface area contributed by atoms with Gasteiger partial charge >= 0.3 is 0 Å². The first-order valence-electron chi connectivity index (χ1n) is 8.29. The van der Waals surface area contributed by atoms with Crippen molar-refractivity contribution in [2.24, 2.45) is 0 Å². The maximum atomic E-state index is 11.9. The lowest BCUT2D eigenvalue weighted by Gasteiger charge is -2.11. The van der Waals surface area contributed by atoms with Crippen molar-refractivity contribution in [1.82, 2.24) is 14.9 Å². The lowest BCUT2D eigenvalue weighted by molar-refractivity contribution is -0.120. The van der Waals surface area contributed by atoms with E-state index in [2.05, 4.69) is 14.9 Å². The second-order valence-electron chi connectivity index (χ2n) is 6.37. The minimum atomic E-state index is -3.38. The number of carbonyl (C=O) groups is 1. The lowest BCUT2D eigenvalue weighted by Crippen LogP contribution is -2.36. The highest BCUT2D eigenvalue weighted by Crippen LogP contribution is 2.14. The third kappa shape index (κ3) is 4.11. The SMILES string of the molecule is CC(C(=O)NCc1ccc(Cn2cnc3ccccc32)cc1)S(C)(=O)=O. The van der Waals surface area contributed by atoms with E-state index in [-0.39, 0.29) is 0 Å². The summed E-state index contributed by atoms with van der Waals surface area (Å²) in [7, 11) is -3.38. The smallest absolute Gasteiger partial charge is 0.238 e. The first kappa shape index (κ1) is 18.1. The molecule has 26 heavy (non-hydrogen) atoms. The molecule has 3 aromatic rings. The minimum absolute atomic E-state index is 0.299. The molecule has 0 saturated heterocycles. The van der Waals surface area contributed by atoms with Gasteiger partial charge in [0.25, 0.3) is 0 Å². The molecule has 6 nitrogen and oxygen atoms in total. The van der Waals surface area contributed by atoms with Crippen molar-refractivity contribution in [3.63, 3.8) is 0 Å². The number of hydrogen-bond acceptors (Lipinski definition) is 4. The maximum absolute atomic E-state index is 11.9. The number of rotatable bonds is 6. The molecule has 0 bridgehead atoms. The van der Waals surface area contributed by atoms with E-state index in [1.54, 1.807) is 0 Å². The van der Waals surface area contributed by atoms with Gasteiger partial charge in [-0.1, -0.05) is 36.4 Å². The summed E-state index contributed by atoms with van der Waals surface area (Å²) in [4.78, 5) is 16.2. The number of sulfone groups is 1. The summed E-state index contributed by atoms with van der Waals surface area (Å²) >= 11 is 0. The average molecular weight is 371 g/mol. The Morgan fingerprint density at radius 2 is 1.77 bits per heavy atom. The van der Waals surface area contributed by atoms with Crippen LogP contribution in [0.15, 0.2) is 54.9 Å². The summed E-state index contributed by atoms with van der Waals surface area (Å²) in [5, 5.41) is 1.62. The van der Waals surface area contributed by atoms with E-state index >= 15 is 0 Å². The summed E-state index contributed by atoms with van der Waals surface area (Å²) in [6.07, 6.45) is 2.89. The molecule has 1 atom stereocenters. The zero-order valence-electron chi connectivity index (χ0n) is 14.7. The molecule has 1 unspecified atom stereocenters. The van der Waals surface area contributed by atoms with Gasteiger partial charge in [0, 0.05) is 19.3 Å². The number of nitrogens with one attached hydrogen (secondary N) is 1. The van der Waals surface area contributed by atoms with Crippen LogP contribution in [0.3, 0.4) is 0 Å². The number of benzene rings is 2. The molecule has 0 spiro atoms. The lowest BCUT2D eigenvalue weighted by atomic mass is 10.1. The van der Waals surface area contributed by atoms with Crippen LogP contribution in [0.1, 0.15) is 18.1 Å². The van der Waals surface area contributed by atoms with Crippen LogP contribution in [0, 0.1) is 0 Å². The molecule has 0 radical (unpaired) electrons. The van der Waals surface area contributed by atoms with E-state index in [1.165, 1.54) is 6.92 Å². The van der Waals surface area contributed by atoms with E-state index in [9.17, 15) is 13.2 Å². The standard InChI is InChI=1S/C19H21N3O3S/c1-14(26(2,24)25)19(23)20-11-15-7-9-16(10-8-15)12-22-13-21-17-5-3-4-6-18(17)22/h3-10,13-14H,11-12H2,1-2H3,(H,20,23). The van der Waals surface area contributed by atoms with Crippen LogP contribution in [-0.2, 0) is 27.7 Å². The van der Waals surface area contributed by atoms with E-state index in [0.29, 0.717) is 13.1 Å². The Kier molecular flexibility index (Phi) is 5.08. The zero-order valence-corrected chi connectivity index (χ0v) is 15.5. The van der Waals surface area contributed by atoms with Crippen LogP contribution in [-0.4, -0.2) is 35.4 Å². The molecule has 7 heteroatoms. The maximum Gasteiger partial charge on any atom is 0.238 e. The van der Waals surface area contributed by atoms with Crippen molar-refractivity contribution in [2.45, 2.75) is 25.3 Å². The first-order valence-corrected chi connectivity index (χ1v) is 10.2. The molecule has 1 amide bonds. The van der Waals surface area contributed by atoms with Gasteiger partial charge in [-0.3, -0.25) is 4.79 Å². The highest BCUT2D eigenvalue weighted by Gasteiger charge is 2.22. The fourth-order valence-electron chi connectivity index (χ4n) is 2.62. The van der Waals surface area contributed by atoms with Gasteiger partial charge in [0.05, 0.1) is 17.4 Å². The fraction of sp³-hybridized carbons (Fsp3) is 0.263. The molecular weight excluding hydrogens is 350 g/mol. The van der Waals surface area contributed by atoms with Gasteiger partial charge in [-0.2, -0.15) is 0 Å². The number of hydrogen-bond donors (Lipinski definition) is 1. The molecule has 1 aromatic heterocycles.